The van der Waals surface area contributed by atoms with Crippen molar-refractivity contribution in [1.82, 2.24) is 24.1 Å². The van der Waals surface area contributed by atoms with Gasteiger partial charge in [0.2, 0.25) is 11.9 Å². The maximum Gasteiger partial charge on any atom is 0.240 e. The Balaban J connectivity index is 1.33. The average molecular weight is 1020 g/mol. The zero-order valence-corrected chi connectivity index (χ0v) is 38.2. The summed E-state index contributed by atoms with van der Waals surface area (Å²) in [5.41, 5.74) is -11.9. The van der Waals surface area contributed by atoms with Gasteiger partial charge in [-0.05, 0) is 78.3 Å². The maximum atomic E-state index is 11.0. The van der Waals surface area contributed by atoms with E-state index in [1.807, 2.05) is 0 Å². The minimum absolute atomic E-state index is 0.459. The van der Waals surface area contributed by atoms with Gasteiger partial charge in [-0.2, -0.15) is 15.0 Å². The van der Waals surface area contributed by atoms with Crippen molar-refractivity contribution in [2.75, 3.05) is 0 Å². The number of nitrogens with zero attached hydrogens (tertiary/aromatic N) is 5. The fourth-order valence-electron chi connectivity index (χ4n) is 8.64. The van der Waals surface area contributed by atoms with Crippen molar-refractivity contribution in [3.05, 3.63) is 284 Å². The van der Waals surface area contributed by atoms with Gasteiger partial charge in [0.05, 0.1) is 86.5 Å². The molecule has 11 aromatic carbocycles. The van der Waals surface area contributed by atoms with Crippen molar-refractivity contribution in [3.8, 4) is 56.7 Å². The predicted molar refractivity (Wildman–Crippen MR) is 314 cm³/mol. The third-order valence-electron chi connectivity index (χ3n) is 11.7. The Morgan fingerprint density at radius 2 is 0.627 bits per heavy atom. The molecule has 0 atom stereocenters. The Hall–Kier alpha value is -9.75. The Bertz CT molecular complexity index is 6840. The van der Waals surface area contributed by atoms with Crippen molar-refractivity contribution in [2.24, 2.45) is 0 Å². The van der Waals surface area contributed by atoms with Crippen molar-refractivity contribution in [2.45, 2.75) is 0 Å². The summed E-state index contributed by atoms with van der Waals surface area (Å²) in [5.74, 6) is -4.28. The van der Waals surface area contributed by atoms with Gasteiger partial charge in [-0.15, -0.1) is 0 Å². The lowest BCUT2D eigenvalue weighted by Gasteiger charge is -2.35. The highest BCUT2D eigenvalue weighted by molar-refractivity contribution is 7.20. The Kier molecular flexibility index (Phi) is 4.21. The molecule has 3 heterocycles. The van der Waals surface area contributed by atoms with E-state index in [-0.39, 0.29) is 0 Å². The fourth-order valence-corrected chi connectivity index (χ4v) is 12.3. The molecular weight excluding hydrogens is 927 g/mol. The van der Waals surface area contributed by atoms with Crippen LogP contribution in [0.25, 0.3) is 100 Å². The SMILES string of the molecule is [2H]c1c([2H])c([2H])c(-c2c([2H])c([2H])c([2H])c([Si](c3c([2H])c([2H])c([2H])c([2H])c3[2H])(c3c([2H])c([2H])c([2H])c([2H])c3[2H])c3c([2H])c([2H])c([2H])c(-c4nc(-n5c6c([2H])c([2H])c([2H])c([2H])c6c6c(-c7c([2H])c([2H])c([2H])c([2H])c7[2H])c([2H])c([2H])c([2H])c65)nc(-n5c6c([2H])c([2H])c([2H])c([2H])c6c6c(-c7c([2H])c([2H])c([2H])c([2H])c7[2H])c([2H])c([2H])c([2H])c65)n4)c3[2H])c2[2H])c([2H])c1[2H]. The lowest BCUT2D eigenvalue weighted by atomic mass is 9.99. The molecule has 0 saturated heterocycles. The van der Waals surface area contributed by atoms with Crippen LogP contribution in [-0.4, -0.2) is 32.2 Å². The molecule has 14 rings (SSSR count). The van der Waals surface area contributed by atoms with Gasteiger partial charge in [0.1, 0.15) is 0 Å². The van der Waals surface area contributed by atoms with Crippen molar-refractivity contribution >= 4 is 72.4 Å². The number of aromatic nitrogens is 5. The second-order valence-electron chi connectivity index (χ2n) is 15.6. The number of hydrogen-bond acceptors (Lipinski definition) is 3. The normalized spacial score (nSPS) is 20.5. The summed E-state index contributed by atoms with van der Waals surface area (Å²) in [6.07, 6.45) is 0. The van der Waals surface area contributed by atoms with E-state index in [0.717, 1.165) is 0 Å². The Labute approximate surface area is 502 Å². The Morgan fingerprint density at radius 1 is 0.280 bits per heavy atom. The maximum absolute atomic E-state index is 11.0. The van der Waals surface area contributed by atoms with Gasteiger partial charge in [0.25, 0.3) is 0 Å². The fraction of sp³-hybridized carbons (Fsp3) is 0. The molecule has 6 heteroatoms. The van der Waals surface area contributed by atoms with E-state index in [9.17, 15) is 43.9 Å². The molecule has 0 amide bonds. The first-order valence-electron chi connectivity index (χ1n) is 45.2. The van der Waals surface area contributed by atoms with Gasteiger partial charge in [-0.25, -0.2) is 0 Å². The van der Waals surface area contributed by atoms with Gasteiger partial charge < -0.3 is 0 Å². The molecule has 0 fully saturated rings. The molecule has 352 valence electrons. The molecule has 3 aromatic heterocycles. The summed E-state index contributed by atoms with van der Waals surface area (Å²) >= 11 is 0. The molecule has 0 unspecified atom stereocenters. The summed E-state index contributed by atoms with van der Waals surface area (Å²) < 4.78 is 444. The first kappa shape index (κ1) is 17.2. The summed E-state index contributed by atoms with van der Waals surface area (Å²) in [5, 5.41) is -9.54. The second-order valence-corrected chi connectivity index (χ2v) is 19.1. The number of rotatable bonds is 10. The van der Waals surface area contributed by atoms with Crippen molar-refractivity contribution < 1.29 is 64.4 Å². The van der Waals surface area contributed by atoms with Crippen LogP contribution in [0.5, 0.6) is 0 Å². The van der Waals surface area contributed by atoms with E-state index < -0.39 is 413 Å². The number of fused-ring (bicyclic) bond motifs is 6. The van der Waals surface area contributed by atoms with E-state index >= 15 is 0 Å². The smallest absolute Gasteiger partial charge is 0.240 e. The van der Waals surface area contributed by atoms with E-state index in [2.05, 4.69) is 15.0 Å². The zero-order valence-electron chi connectivity index (χ0n) is 84.2. The summed E-state index contributed by atoms with van der Waals surface area (Å²) in [7, 11) is -7.15. The van der Waals surface area contributed by atoms with Gasteiger partial charge >= 0.3 is 0 Å². The van der Waals surface area contributed by atoms with E-state index in [4.69, 9.17) is 20.6 Å². The molecule has 0 bridgehead atoms. The van der Waals surface area contributed by atoms with E-state index in [0.29, 0.717) is 9.13 Å². The van der Waals surface area contributed by atoms with Crippen LogP contribution >= 0.6 is 0 Å². The third kappa shape index (κ3) is 7.33. The van der Waals surface area contributed by atoms with Gasteiger partial charge in [0.15, 0.2) is 13.9 Å². The summed E-state index contributed by atoms with van der Waals surface area (Å²) in [4.78, 5) is 14.0. The first-order valence-corrected chi connectivity index (χ1v) is 23.7. The quantitative estimate of drug-likeness (QED) is 0.101. The molecule has 14 aromatic rings. The largest absolute Gasteiger partial charge is 0.278 e. The van der Waals surface area contributed by atoms with E-state index in [1.165, 1.54) is 0 Å². The van der Waals surface area contributed by atoms with Gasteiger partial charge in [0, 0.05) is 27.1 Å². The van der Waals surface area contributed by atoms with Crippen LogP contribution < -0.4 is 20.7 Å². The van der Waals surface area contributed by atoms with Crippen molar-refractivity contribution in [1.29, 1.82) is 0 Å². The highest BCUT2D eigenvalue weighted by Crippen LogP contribution is 2.40. The minimum Gasteiger partial charge on any atom is -0.278 e. The van der Waals surface area contributed by atoms with Crippen LogP contribution in [0.4, 0.5) is 0 Å². The molecule has 0 aliphatic carbocycles. The number of benzene rings is 11. The predicted octanol–water partition coefficient (Wildman–Crippen LogP) is 14.1. The average Bonchev–Trinajstić information content (AvgIpc) is 1.26. The highest BCUT2D eigenvalue weighted by atomic mass is 28.3. The van der Waals surface area contributed by atoms with Gasteiger partial charge in [-0.1, -0.05) is 260 Å². The molecule has 0 radical (unpaired) electrons. The van der Waals surface area contributed by atoms with Crippen LogP contribution in [0.3, 0.4) is 0 Å². The van der Waals surface area contributed by atoms with Crippen molar-refractivity contribution in [3.63, 3.8) is 0 Å². The van der Waals surface area contributed by atoms with Crippen LogP contribution in [0, 0.1) is 0 Å². The standard InChI is InChI=1S/C69H47N5Si/c1-6-24-48(25-7-1)51-30-20-36-55(46-51)75(53-32-12-4-13-33-53,54-34-14-5-15-35-54)56-37-21-31-52(47-56)67-70-68(73-61-42-18-16-38-59(61)65-57(40-22-44-63(65)73)49-26-8-2-9-27-49)72-69(71-67)74-62-43-19-17-39-60(62)66-58(41-23-45-64(66)74)50-28-10-3-11-29-50/h1-47H/i1D,2D,3D,4D,5D,6D,7D,8D,9D,10D,11D,12D,13D,14D,15D,16D,17D,18D,19D,20D,21D,22D,23D,24D,25D,26D,27D,28D,29D,30D,31D,32D,33D,34D,35D,36D,37D,38D,39D,40D,41D,42D,43D,44D,45D,46D,47D. The van der Waals surface area contributed by atoms with Crippen LogP contribution in [0.2, 0.25) is 0 Å². The molecule has 5 nitrogen and oxygen atoms in total. The molecule has 0 saturated carbocycles. The van der Waals surface area contributed by atoms with Crippen LogP contribution in [0.1, 0.15) is 64.4 Å². The number of hydrogen-bond donors (Lipinski definition) is 0. The first-order chi connectivity index (χ1) is 56.7. The lowest BCUT2D eigenvalue weighted by Crippen LogP contribution is -2.74. The Morgan fingerprint density at radius 3 is 1.11 bits per heavy atom. The molecule has 0 spiro atoms. The zero-order chi connectivity index (χ0) is 90.6. The lowest BCUT2D eigenvalue weighted by molar-refractivity contribution is 0.893. The topological polar surface area (TPSA) is 48.5 Å². The monoisotopic (exact) mass is 1020 g/mol. The summed E-state index contributed by atoms with van der Waals surface area (Å²) in [6, 6.07) is -61.0. The third-order valence-corrected chi connectivity index (χ3v) is 15.7. The number of para-hydroxylation sites is 2. The molecular formula is C69H47N5Si. The van der Waals surface area contributed by atoms with Gasteiger partial charge in [-0.3, -0.25) is 9.13 Å². The highest BCUT2D eigenvalue weighted by Gasteiger charge is 2.42. The molecule has 0 aliphatic heterocycles. The molecule has 75 heavy (non-hydrogen) atoms. The molecule has 0 N–H and O–H groups in total. The second kappa shape index (κ2) is 18.4. The van der Waals surface area contributed by atoms with E-state index in [1.54, 1.807) is 0 Å². The summed E-state index contributed by atoms with van der Waals surface area (Å²) in [6.45, 7) is 0. The van der Waals surface area contributed by atoms with Crippen LogP contribution in [0.15, 0.2) is 284 Å². The molecule has 0 aliphatic rings. The minimum atomic E-state index is -7.15. The van der Waals surface area contributed by atoms with Crippen LogP contribution in [-0.2, 0) is 0 Å².